The Morgan fingerprint density at radius 1 is 1.10 bits per heavy atom. The Bertz CT molecular complexity index is 1430. The lowest BCUT2D eigenvalue weighted by Gasteiger charge is -2.28. The van der Waals surface area contributed by atoms with E-state index >= 15 is 0 Å². The number of hydrogen-bond donors (Lipinski definition) is 2. The Kier molecular flexibility index (Phi) is 7.96. The number of pyridine rings is 1. The maximum Gasteiger partial charge on any atom is 0.274 e. The van der Waals surface area contributed by atoms with Crippen LogP contribution in [0.4, 0.5) is 5.82 Å². The summed E-state index contributed by atoms with van der Waals surface area (Å²) in [6, 6.07) is 10.8. The number of carbonyl (C=O) groups excluding carboxylic acids is 1. The second-order valence-electron chi connectivity index (χ2n) is 9.31. The van der Waals surface area contributed by atoms with Crippen molar-refractivity contribution in [2.24, 2.45) is 0 Å². The van der Waals surface area contributed by atoms with Crippen LogP contribution in [-0.2, 0) is 24.4 Å². The lowest BCUT2D eigenvalue weighted by atomic mass is 10.1. The molecule has 5 rings (SSSR count). The van der Waals surface area contributed by atoms with Gasteiger partial charge >= 0.3 is 0 Å². The van der Waals surface area contributed by atoms with Gasteiger partial charge in [0.25, 0.3) is 5.91 Å². The maximum absolute atomic E-state index is 11.6. The van der Waals surface area contributed by atoms with Crippen LogP contribution >= 0.6 is 0 Å². The molecule has 204 valence electrons. The Hall–Kier alpha value is -4.13. The standard InChI is InChI=1S/C27H32N8O4/c1-4-35-21(17-33(2)16-18-5-7-19(8-6-18)27(36)32-37)29-23-25(34-11-13-39-14-12-34)30-24(31-26(23)35)20-9-10-22(38-3)28-15-20/h5-10,15,37H,4,11-14,16-17H2,1-3H3,(H,32,36). The molecule has 4 heterocycles. The number of benzene rings is 1. The first-order valence-electron chi connectivity index (χ1n) is 12.8. The fourth-order valence-electron chi connectivity index (χ4n) is 4.68. The molecule has 39 heavy (non-hydrogen) atoms. The van der Waals surface area contributed by atoms with Crippen LogP contribution in [0.3, 0.4) is 0 Å². The number of ether oxygens (including phenoxy) is 2. The third-order valence-corrected chi connectivity index (χ3v) is 6.67. The van der Waals surface area contributed by atoms with Gasteiger partial charge in [-0.05, 0) is 37.7 Å². The molecule has 0 radical (unpaired) electrons. The number of nitrogens with zero attached hydrogens (tertiary/aromatic N) is 7. The van der Waals surface area contributed by atoms with E-state index in [2.05, 4.69) is 26.3 Å². The van der Waals surface area contributed by atoms with Gasteiger partial charge in [-0.1, -0.05) is 12.1 Å². The summed E-state index contributed by atoms with van der Waals surface area (Å²) in [4.78, 5) is 35.3. The second kappa shape index (κ2) is 11.7. The first-order valence-corrected chi connectivity index (χ1v) is 12.8. The molecule has 0 bridgehead atoms. The number of imidazole rings is 1. The maximum atomic E-state index is 11.6. The van der Waals surface area contributed by atoms with Crippen molar-refractivity contribution in [2.75, 3.05) is 45.4 Å². The first kappa shape index (κ1) is 26.5. The zero-order chi connectivity index (χ0) is 27.4. The minimum atomic E-state index is -0.534. The minimum Gasteiger partial charge on any atom is -0.481 e. The summed E-state index contributed by atoms with van der Waals surface area (Å²) in [5.41, 5.74) is 5.44. The van der Waals surface area contributed by atoms with Gasteiger partial charge in [0, 0.05) is 49.6 Å². The van der Waals surface area contributed by atoms with Crippen molar-refractivity contribution in [3.8, 4) is 17.3 Å². The Morgan fingerprint density at radius 3 is 2.51 bits per heavy atom. The summed E-state index contributed by atoms with van der Waals surface area (Å²) in [7, 11) is 3.61. The van der Waals surface area contributed by atoms with Crippen LogP contribution in [0.5, 0.6) is 5.88 Å². The molecule has 0 aliphatic carbocycles. The molecule has 3 aromatic heterocycles. The highest BCUT2D eigenvalue weighted by Crippen LogP contribution is 2.29. The Balaban J connectivity index is 1.48. The van der Waals surface area contributed by atoms with Crippen molar-refractivity contribution < 1.29 is 19.5 Å². The molecule has 1 aliphatic rings. The van der Waals surface area contributed by atoms with Crippen molar-refractivity contribution in [3.05, 3.63) is 59.5 Å². The smallest absolute Gasteiger partial charge is 0.274 e. The van der Waals surface area contributed by atoms with Gasteiger partial charge in [0.05, 0.1) is 26.9 Å². The number of anilines is 1. The predicted octanol–water partition coefficient (Wildman–Crippen LogP) is 2.50. The van der Waals surface area contributed by atoms with E-state index in [1.807, 2.05) is 25.2 Å². The fraction of sp³-hybridized carbons (Fsp3) is 0.370. The minimum absolute atomic E-state index is 0.397. The third-order valence-electron chi connectivity index (χ3n) is 6.67. The molecule has 0 saturated carbocycles. The molecule has 1 saturated heterocycles. The van der Waals surface area contributed by atoms with Crippen molar-refractivity contribution >= 4 is 22.9 Å². The monoisotopic (exact) mass is 532 g/mol. The average molecular weight is 533 g/mol. The van der Waals surface area contributed by atoms with E-state index in [9.17, 15) is 4.79 Å². The number of methoxy groups -OCH3 is 1. The molecule has 1 amide bonds. The highest BCUT2D eigenvalue weighted by Gasteiger charge is 2.23. The number of aromatic nitrogens is 5. The second-order valence-corrected chi connectivity index (χ2v) is 9.31. The molecule has 1 aliphatic heterocycles. The van der Waals surface area contributed by atoms with Crippen LogP contribution < -0.4 is 15.1 Å². The largest absolute Gasteiger partial charge is 0.481 e. The summed E-state index contributed by atoms with van der Waals surface area (Å²) in [5, 5.41) is 8.84. The van der Waals surface area contributed by atoms with Crippen molar-refractivity contribution in [3.63, 3.8) is 0 Å². The lowest BCUT2D eigenvalue weighted by Crippen LogP contribution is -2.37. The quantitative estimate of drug-likeness (QED) is 0.245. The van der Waals surface area contributed by atoms with Crippen LogP contribution in [0.15, 0.2) is 42.6 Å². The SMILES string of the molecule is CCn1c(CN(C)Cc2ccc(C(=O)NO)cc2)nc2c(N3CCOCC3)nc(-c3ccc(OC)nc3)nc21. The average Bonchev–Trinajstić information content (AvgIpc) is 3.33. The Labute approximate surface area is 226 Å². The molecule has 0 spiro atoms. The lowest BCUT2D eigenvalue weighted by molar-refractivity contribution is 0.0706. The number of amides is 1. The van der Waals surface area contributed by atoms with Crippen LogP contribution in [0.1, 0.15) is 28.7 Å². The van der Waals surface area contributed by atoms with Gasteiger partial charge in [-0.3, -0.25) is 14.9 Å². The number of carbonyl (C=O) groups is 1. The van der Waals surface area contributed by atoms with E-state index in [0.717, 1.165) is 47.0 Å². The van der Waals surface area contributed by atoms with E-state index in [1.54, 1.807) is 37.0 Å². The van der Waals surface area contributed by atoms with Crippen LogP contribution in [0.2, 0.25) is 0 Å². The summed E-state index contributed by atoms with van der Waals surface area (Å²) in [6.07, 6.45) is 1.72. The first-order chi connectivity index (χ1) is 19.0. The summed E-state index contributed by atoms with van der Waals surface area (Å²) < 4.78 is 12.9. The molecular weight excluding hydrogens is 500 g/mol. The normalized spacial score (nSPS) is 13.7. The number of nitrogens with one attached hydrogen (secondary N) is 1. The topological polar surface area (TPSA) is 131 Å². The van der Waals surface area contributed by atoms with Gasteiger partial charge in [-0.25, -0.2) is 25.4 Å². The van der Waals surface area contributed by atoms with Crippen LogP contribution in [-0.4, -0.2) is 81.0 Å². The van der Waals surface area contributed by atoms with E-state index in [0.29, 0.717) is 50.1 Å². The molecule has 4 aromatic rings. The van der Waals surface area contributed by atoms with Crippen molar-refractivity contribution in [1.29, 1.82) is 0 Å². The number of fused-ring (bicyclic) bond motifs is 1. The molecule has 2 N–H and O–H groups in total. The molecule has 1 fully saturated rings. The number of morpholine rings is 1. The van der Waals surface area contributed by atoms with Crippen LogP contribution in [0.25, 0.3) is 22.6 Å². The van der Waals surface area contributed by atoms with Crippen molar-refractivity contribution in [1.82, 2.24) is 34.9 Å². The van der Waals surface area contributed by atoms with Gasteiger partial charge in [-0.15, -0.1) is 0 Å². The molecule has 12 nitrogen and oxygen atoms in total. The van der Waals surface area contributed by atoms with E-state index in [4.69, 9.17) is 29.6 Å². The van der Waals surface area contributed by atoms with Crippen LogP contribution in [0, 0.1) is 0 Å². The molecule has 12 heteroatoms. The highest BCUT2D eigenvalue weighted by molar-refractivity contribution is 5.93. The zero-order valence-electron chi connectivity index (χ0n) is 22.3. The summed E-state index contributed by atoms with van der Waals surface area (Å²) in [5.74, 6) is 2.26. The predicted molar refractivity (Wildman–Crippen MR) is 145 cm³/mol. The summed E-state index contributed by atoms with van der Waals surface area (Å²) >= 11 is 0. The summed E-state index contributed by atoms with van der Waals surface area (Å²) in [6.45, 7) is 6.74. The number of hydrogen-bond acceptors (Lipinski definition) is 10. The highest BCUT2D eigenvalue weighted by atomic mass is 16.5. The zero-order valence-corrected chi connectivity index (χ0v) is 22.3. The van der Waals surface area contributed by atoms with E-state index < -0.39 is 5.91 Å². The molecule has 0 unspecified atom stereocenters. The fourth-order valence-corrected chi connectivity index (χ4v) is 4.68. The van der Waals surface area contributed by atoms with Gasteiger partial charge in [-0.2, -0.15) is 0 Å². The number of hydroxylamine groups is 1. The van der Waals surface area contributed by atoms with Gasteiger partial charge in [0.15, 0.2) is 22.8 Å². The van der Waals surface area contributed by atoms with E-state index in [-0.39, 0.29) is 0 Å². The third kappa shape index (κ3) is 5.67. The number of rotatable bonds is 9. The van der Waals surface area contributed by atoms with Crippen molar-refractivity contribution in [2.45, 2.75) is 26.6 Å². The molecule has 0 atom stereocenters. The molecule has 1 aromatic carbocycles. The molecular formula is C27H32N8O4. The van der Waals surface area contributed by atoms with Gasteiger partial charge < -0.3 is 18.9 Å². The van der Waals surface area contributed by atoms with Gasteiger partial charge in [0.1, 0.15) is 5.82 Å². The number of aryl methyl sites for hydroxylation is 1. The Morgan fingerprint density at radius 2 is 1.87 bits per heavy atom. The van der Waals surface area contributed by atoms with E-state index in [1.165, 1.54) is 0 Å². The van der Waals surface area contributed by atoms with Gasteiger partial charge in [0.2, 0.25) is 5.88 Å².